The molecule has 1 amide bonds. The Kier molecular flexibility index (Phi) is 4.03. The molecule has 3 nitrogen and oxygen atoms in total. The summed E-state index contributed by atoms with van der Waals surface area (Å²) >= 11 is 0. The number of carbonyl (C=O) groups excluding carboxylic acids is 1. The van der Waals surface area contributed by atoms with E-state index in [0.717, 1.165) is 16.8 Å². The third-order valence-electron chi connectivity index (χ3n) is 2.58. The lowest BCUT2D eigenvalue weighted by molar-refractivity contribution is -0.111. The molecule has 2 aromatic rings. The molecule has 1 aromatic heterocycles. The summed E-state index contributed by atoms with van der Waals surface area (Å²) in [6.07, 6.45) is 6.34. The Morgan fingerprint density at radius 3 is 2.68 bits per heavy atom. The summed E-state index contributed by atoms with van der Waals surface area (Å²) in [6.45, 7) is 1.87. The zero-order valence-electron chi connectivity index (χ0n) is 10.4. The molecule has 0 unspecified atom stereocenters. The summed E-state index contributed by atoms with van der Waals surface area (Å²) < 4.78 is 12.7. The van der Waals surface area contributed by atoms with E-state index < -0.39 is 0 Å². The van der Waals surface area contributed by atoms with Gasteiger partial charge < -0.3 is 5.32 Å². The second-order valence-electron chi connectivity index (χ2n) is 4.06. The molecule has 0 saturated carbocycles. The fourth-order valence-corrected chi connectivity index (χ4v) is 1.53. The van der Waals surface area contributed by atoms with Crippen LogP contribution in [0.2, 0.25) is 0 Å². The van der Waals surface area contributed by atoms with E-state index in [1.165, 1.54) is 18.2 Å². The lowest BCUT2D eigenvalue weighted by Crippen LogP contribution is -2.08. The molecule has 0 atom stereocenters. The minimum absolute atomic E-state index is 0.237. The molecule has 0 radical (unpaired) electrons. The first kappa shape index (κ1) is 13.0. The van der Waals surface area contributed by atoms with Crippen molar-refractivity contribution in [2.75, 3.05) is 5.32 Å². The summed E-state index contributed by atoms with van der Waals surface area (Å²) in [5.74, 6) is -0.535. The maximum Gasteiger partial charge on any atom is 0.248 e. The van der Waals surface area contributed by atoms with E-state index >= 15 is 0 Å². The SMILES string of the molecule is Cc1cnccc1NC(=O)C=Cc1ccc(F)cc1. The number of hydrogen-bond donors (Lipinski definition) is 1. The number of hydrogen-bond acceptors (Lipinski definition) is 2. The smallest absolute Gasteiger partial charge is 0.248 e. The van der Waals surface area contributed by atoms with Gasteiger partial charge in [-0.1, -0.05) is 12.1 Å². The Labute approximate surface area is 110 Å². The topological polar surface area (TPSA) is 42.0 Å². The van der Waals surface area contributed by atoms with E-state index in [2.05, 4.69) is 10.3 Å². The molecule has 0 bridgehead atoms. The molecule has 1 N–H and O–H groups in total. The molecule has 1 heterocycles. The Morgan fingerprint density at radius 1 is 1.26 bits per heavy atom. The van der Waals surface area contributed by atoms with Crippen LogP contribution in [-0.2, 0) is 4.79 Å². The van der Waals surface area contributed by atoms with E-state index in [-0.39, 0.29) is 11.7 Å². The maximum atomic E-state index is 12.7. The average molecular weight is 256 g/mol. The van der Waals surface area contributed by atoms with Gasteiger partial charge in [0.05, 0.1) is 0 Å². The third kappa shape index (κ3) is 3.74. The van der Waals surface area contributed by atoms with Crippen molar-refractivity contribution < 1.29 is 9.18 Å². The fraction of sp³-hybridized carbons (Fsp3) is 0.0667. The molecule has 0 spiro atoms. The molecule has 1 aromatic carbocycles. The van der Waals surface area contributed by atoms with Gasteiger partial charge in [-0.3, -0.25) is 9.78 Å². The van der Waals surface area contributed by atoms with Crippen molar-refractivity contribution in [3.63, 3.8) is 0 Å². The number of aryl methyl sites for hydroxylation is 1. The van der Waals surface area contributed by atoms with Gasteiger partial charge >= 0.3 is 0 Å². The number of nitrogens with one attached hydrogen (secondary N) is 1. The summed E-state index contributed by atoms with van der Waals surface area (Å²) in [5.41, 5.74) is 2.39. The standard InChI is InChI=1S/C15H13FN2O/c1-11-10-17-9-8-14(11)18-15(19)7-4-12-2-5-13(16)6-3-12/h2-10H,1H3,(H,17,18,19). The molecular weight excluding hydrogens is 243 g/mol. The number of amides is 1. The van der Waals surface area contributed by atoms with Crippen molar-refractivity contribution in [1.29, 1.82) is 0 Å². The third-order valence-corrected chi connectivity index (χ3v) is 2.58. The largest absolute Gasteiger partial charge is 0.322 e. The van der Waals surface area contributed by atoms with E-state index in [9.17, 15) is 9.18 Å². The summed E-state index contributed by atoms with van der Waals surface area (Å²) in [5, 5.41) is 2.75. The Bertz CT molecular complexity index is 606. The molecule has 0 aliphatic heterocycles. The van der Waals surface area contributed by atoms with Gasteiger partial charge in [0.1, 0.15) is 5.82 Å². The highest BCUT2D eigenvalue weighted by Crippen LogP contribution is 2.11. The number of nitrogens with zero attached hydrogens (tertiary/aromatic N) is 1. The van der Waals surface area contributed by atoms with Crippen LogP contribution >= 0.6 is 0 Å². The van der Waals surface area contributed by atoms with Crippen LogP contribution in [0.25, 0.3) is 6.08 Å². The number of anilines is 1. The quantitative estimate of drug-likeness (QED) is 0.857. The van der Waals surface area contributed by atoms with Crippen LogP contribution in [0.15, 0.2) is 48.8 Å². The second-order valence-corrected chi connectivity index (χ2v) is 4.06. The molecule has 0 aliphatic rings. The van der Waals surface area contributed by atoms with Crippen LogP contribution in [0.3, 0.4) is 0 Å². The zero-order chi connectivity index (χ0) is 13.7. The lowest BCUT2D eigenvalue weighted by Gasteiger charge is -2.04. The van der Waals surface area contributed by atoms with Crippen molar-refractivity contribution in [1.82, 2.24) is 4.98 Å². The van der Waals surface area contributed by atoms with E-state index in [1.807, 2.05) is 6.92 Å². The highest BCUT2D eigenvalue weighted by molar-refractivity contribution is 6.02. The van der Waals surface area contributed by atoms with Crippen LogP contribution < -0.4 is 5.32 Å². The number of pyridine rings is 1. The molecule has 4 heteroatoms. The molecule has 2 rings (SSSR count). The van der Waals surface area contributed by atoms with E-state index in [4.69, 9.17) is 0 Å². The number of aromatic nitrogens is 1. The van der Waals surface area contributed by atoms with Crippen LogP contribution in [0.5, 0.6) is 0 Å². The first-order valence-electron chi connectivity index (χ1n) is 5.80. The zero-order valence-corrected chi connectivity index (χ0v) is 10.4. The first-order chi connectivity index (χ1) is 9.15. The predicted molar refractivity (Wildman–Crippen MR) is 73.0 cm³/mol. The normalized spacial score (nSPS) is 10.6. The average Bonchev–Trinajstić information content (AvgIpc) is 2.41. The first-order valence-corrected chi connectivity index (χ1v) is 5.80. The number of carbonyl (C=O) groups is 1. The number of benzene rings is 1. The Morgan fingerprint density at radius 2 is 2.00 bits per heavy atom. The number of rotatable bonds is 3. The van der Waals surface area contributed by atoms with Gasteiger partial charge in [0.15, 0.2) is 0 Å². The Balaban J connectivity index is 2.02. The molecule has 0 aliphatic carbocycles. The van der Waals surface area contributed by atoms with Crippen molar-refractivity contribution in [2.24, 2.45) is 0 Å². The molecule has 0 fully saturated rings. The molecular formula is C15H13FN2O. The van der Waals surface area contributed by atoms with Crippen molar-refractivity contribution in [2.45, 2.75) is 6.92 Å². The highest BCUT2D eigenvalue weighted by Gasteiger charge is 2.00. The van der Waals surface area contributed by atoms with Gasteiger partial charge in [-0.2, -0.15) is 0 Å². The summed E-state index contributed by atoms with van der Waals surface area (Å²) in [6, 6.07) is 7.65. The van der Waals surface area contributed by atoms with Crippen LogP contribution in [-0.4, -0.2) is 10.9 Å². The van der Waals surface area contributed by atoms with Gasteiger partial charge in [0.2, 0.25) is 5.91 Å². The van der Waals surface area contributed by atoms with Crippen molar-refractivity contribution in [3.05, 3.63) is 65.7 Å². The van der Waals surface area contributed by atoms with Gasteiger partial charge in [0.25, 0.3) is 0 Å². The highest BCUT2D eigenvalue weighted by atomic mass is 19.1. The maximum absolute atomic E-state index is 12.7. The molecule has 19 heavy (non-hydrogen) atoms. The van der Waals surface area contributed by atoms with Crippen molar-refractivity contribution >= 4 is 17.7 Å². The summed E-state index contributed by atoms with van der Waals surface area (Å²) in [7, 11) is 0. The Hall–Kier alpha value is -2.49. The fourth-order valence-electron chi connectivity index (χ4n) is 1.53. The monoisotopic (exact) mass is 256 g/mol. The minimum Gasteiger partial charge on any atom is -0.322 e. The van der Waals surface area contributed by atoms with Gasteiger partial charge in [-0.25, -0.2) is 4.39 Å². The second kappa shape index (κ2) is 5.91. The lowest BCUT2D eigenvalue weighted by atomic mass is 10.2. The van der Waals surface area contributed by atoms with Gasteiger partial charge in [0, 0.05) is 24.2 Å². The van der Waals surface area contributed by atoms with Gasteiger partial charge in [-0.15, -0.1) is 0 Å². The van der Waals surface area contributed by atoms with E-state index in [1.54, 1.807) is 36.7 Å². The van der Waals surface area contributed by atoms with Crippen LogP contribution in [0, 0.1) is 12.7 Å². The van der Waals surface area contributed by atoms with Crippen molar-refractivity contribution in [3.8, 4) is 0 Å². The summed E-state index contributed by atoms with van der Waals surface area (Å²) in [4.78, 5) is 15.7. The van der Waals surface area contributed by atoms with Crippen LogP contribution in [0.1, 0.15) is 11.1 Å². The molecule has 0 saturated heterocycles. The predicted octanol–water partition coefficient (Wildman–Crippen LogP) is 3.18. The van der Waals surface area contributed by atoms with Gasteiger partial charge in [-0.05, 0) is 42.3 Å². The van der Waals surface area contributed by atoms with Crippen LogP contribution in [0.4, 0.5) is 10.1 Å². The molecule has 96 valence electrons. The van der Waals surface area contributed by atoms with E-state index in [0.29, 0.717) is 0 Å². The minimum atomic E-state index is -0.297. The number of halogens is 1.